The number of aromatic carboxylic acids is 1. The molecule has 0 radical (unpaired) electrons. The van der Waals surface area contributed by atoms with E-state index < -0.39 is 5.97 Å². The summed E-state index contributed by atoms with van der Waals surface area (Å²) in [6.07, 6.45) is 1.51. The summed E-state index contributed by atoms with van der Waals surface area (Å²) in [5, 5.41) is 10.1. The topological polar surface area (TPSA) is 53.0 Å². The summed E-state index contributed by atoms with van der Waals surface area (Å²) in [5.41, 5.74) is 0. The number of hydrogen-bond acceptors (Lipinski definition) is 4. The van der Waals surface area contributed by atoms with E-state index in [9.17, 15) is 9.90 Å². The fraction of sp³-hybridized carbons (Fsp3) is 0.200. The molecule has 0 aliphatic carbocycles. The second kappa shape index (κ2) is 4.08. The van der Waals surface area contributed by atoms with Gasteiger partial charge in [0.25, 0.3) is 0 Å². The van der Waals surface area contributed by atoms with Crippen molar-refractivity contribution in [1.29, 1.82) is 0 Å². The maximum absolute atomic E-state index is 10.1. The number of aryl methyl sites for hydroxylation is 1. The van der Waals surface area contributed by atoms with Crippen molar-refractivity contribution in [2.24, 2.45) is 0 Å². The zero-order valence-electron chi connectivity index (χ0n) is 5.75. The number of carboxylic acids is 1. The summed E-state index contributed by atoms with van der Waals surface area (Å²) in [4.78, 5) is 14.5. The van der Waals surface area contributed by atoms with Crippen LogP contribution in [0.2, 0.25) is 0 Å². The summed E-state index contributed by atoms with van der Waals surface area (Å²) < 4.78 is 0. The standard InChI is InChI=1S/C5H5NO2S.Na/c1-3-2-6-4(9-3)5(7)8;/h2H,1H3,(H,7,8);/q;+1/p-1. The summed E-state index contributed by atoms with van der Waals surface area (Å²) in [5.74, 6) is -1.20. The molecule has 0 aromatic carbocycles. The largest absolute Gasteiger partial charge is 1.00 e. The molecule has 1 aromatic heterocycles. The number of rotatable bonds is 1. The van der Waals surface area contributed by atoms with Crippen LogP contribution in [0.15, 0.2) is 6.20 Å². The second-order valence-electron chi connectivity index (χ2n) is 1.56. The maximum atomic E-state index is 10.1. The Morgan fingerprint density at radius 1 is 1.80 bits per heavy atom. The average molecular weight is 165 g/mol. The van der Waals surface area contributed by atoms with Gasteiger partial charge in [0.05, 0.1) is 0 Å². The van der Waals surface area contributed by atoms with Gasteiger partial charge in [-0.15, -0.1) is 11.3 Å². The first kappa shape index (κ1) is 10.1. The van der Waals surface area contributed by atoms with E-state index >= 15 is 0 Å². The van der Waals surface area contributed by atoms with Gasteiger partial charge in [0, 0.05) is 11.1 Å². The molecule has 0 unspecified atom stereocenters. The molecule has 0 atom stereocenters. The molecular weight excluding hydrogens is 161 g/mol. The molecule has 0 spiro atoms. The minimum absolute atomic E-state index is 0. The number of thiazole rings is 1. The quantitative estimate of drug-likeness (QED) is 0.412. The van der Waals surface area contributed by atoms with Crippen LogP contribution in [0.1, 0.15) is 14.7 Å². The Bertz CT molecular complexity index is 235. The predicted octanol–water partition coefficient (Wildman–Crippen LogP) is -3.18. The van der Waals surface area contributed by atoms with E-state index in [1.165, 1.54) is 6.20 Å². The third-order valence-corrected chi connectivity index (χ3v) is 1.69. The molecule has 1 aromatic rings. The van der Waals surface area contributed by atoms with Crippen molar-refractivity contribution in [2.45, 2.75) is 6.92 Å². The molecular formula is C5H4NNaO2S. The van der Waals surface area contributed by atoms with E-state index in [1.807, 2.05) is 0 Å². The summed E-state index contributed by atoms with van der Waals surface area (Å²) >= 11 is 1.12. The van der Waals surface area contributed by atoms with Crippen LogP contribution in [0.25, 0.3) is 0 Å². The molecule has 1 heterocycles. The van der Waals surface area contributed by atoms with Crippen molar-refractivity contribution in [1.82, 2.24) is 4.98 Å². The fourth-order valence-corrected chi connectivity index (χ4v) is 1.05. The van der Waals surface area contributed by atoms with Gasteiger partial charge in [-0.05, 0) is 6.92 Å². The number of carbonyl (C=O) groups excluding carboxylic acids is 1. The van der Waals surface area contributed by atoms with Gasteiger partial charge in [-0.25, -0.2) is 4.98 Å². The first-order chi connectivity index (χ1) is 4.20. The van der Waals surface area contributed by atoms with Gasteiger partial charge in [0.1, 0.15) is 11.0 Å². The predicted molar refractivity (Wildman–Crippen MR) is 31.2 cm³/mol. The molecule has 0 amide bonds. The molecule has 0 aliphatic rings. The normalized spacial score (nSPS) is 8.50. The van der Waals surface area contributed by atoms with Crippen LogP contribution in [0.4, 0.5) is 0 Å². The van der Waals surface area contributed by atoms with Crippen LogP contribution < -0.4 is 34.7 Å². The minimum atomic E-state index is -1.20. The van der Waals surface area contributed by atoms with E-state index in [0.29, 0.717) is 0 Å². The van der Waals surface area contributed by atoms with Gasteiger partial charge in [0.15, 0.2) is 0 Å². The van der Waals surface area contributed by atoms with E-state index in [4.69, 9.17) is 0 Å². The smallest absolute Gasteiger partial charge is 0.542 e. The Hall–Kier alpha value is 0.1000. The van der Waals surface area contributed by atoms with Gasteiger partial charge >= 0.3 is 29.6 Å². The number of carbonyl (C=O) groups is 1. The average Bonchev–Trinajstić information content (AvgIpc) is 2.14. The van der Waals surface area contributed by atoms with Crippen molar-refractivity contribution in [3.8, 4) is 0 Å². The maximum Gasteiger partial charge on any atom is 1.00 e. The number of aromatic nitrogens is 1. The van der Waals surface area contributed by atoms with E-state index in [-0.39, 0.29) is 34.6 Å². The third kappa shape index (κ3) is 2.38. The van der Waals surface area contributed by atoms with Crippen LogP contribution in [-0.4, -0.2) is 11.0 Å². The van der Waals surface area contributed by atoms with Crippen molar-refractivity contribution < 1.29 is 39.5 Å². The summed E-state index contributed by atoms with van der Waals surface area (Å²) in [6.45, 7) is 1.80. The van der Waals surface area contributed by atoms with Gasteiger partial charge in [-0.2, -0.15) is 0 Å². The SMILES string of the molecule is Cc1cnc(C(=O)[O-])s1.[Na+]. The monoisotopic (exact) mass is 165 g/mol. The van der Waals surface area contributed by atoms with Crippen molar-refractivity contribution >= 4 is 17.3 Å². The van der Waals surface area contributed by atoms with Crippen LogP contribution in [-0.2, 0) is 0 Å². The van der Waals surface area contributed by atoms with Gasteiger partial charge in [-0.3, -0.25) is 0 Å². The summed E-state index contributed by atoms with van der Waals surface area (Å²) in [6, 6.07) is 0. The second-order valence-corrected chi connectivity index (χ2v) is 2.80. The molecule has 48 valence electrons. The molecule has 0 N–H and O–H groups in total. The van der Waals surface area contributed by atoms with Crippen LogP contribution in [0, 0.1) is 6.92 Å². The summed E-state index contributed by atoms with van der Waals surface area (Å²) in [7, 11) is 0. The van der Waals surface area contributed by atoms with Crippen molar-refractivity contribution in [3.63, 3.8) is 0 Å². The fourth-order valence-electron chi connectivity index (χ4n) is 0.449. The van der Waals surface area contributed by atoms with E-state index in [2.05, 4.69) is 4.98 Å². The molecule has 5 heteroatoms. The Balaban J connectivity index is 0.000000810. The van der Waals surface area contributed by atoms with Gasteiger partial charge < -0.3 is 9.90 Å². The van der Waals surface area contributed by atoms with Gasteiger partial charge in [0.2, 0.25) is 0 Å². The van der Waals surface area contributed by atoms with E-state index in [1.54, 1.807) is 6.92 Å². The molecule has 0 fully saturated rings. The molecule has 0 aliphatic heterocycles. The van der Waals surface area contributed by atoms with Crippen molar-refractivity contribution in [2.75, 3.05) is 0 Å². The Morgan fingerprint density at radius 2 is 2.40 bits per heavy atom. The Kier molecular flexibility index (Phi) is 4.12. The molecule has 1 rings (SSSR count). The number of hydrogen-bond donors (Lipinski definition) is 0. The molecule has 0 saturated heterocycles. The first-order valence-electron chi connectivity index (χ1n) is 2.34. The number of carboxylic acid groups (broad SMARTS) is 1. The Morgan fingerprint density at radius 3 is 2.60 bits per heavy atom. The van der Waals surface area contributed by atoms with E-state index in [0.717, 1.165) is 16.2 Å². The van der Waals surface area contributed by atoms with Crippen LogP contribution in [0.3, 0.4) is 0 Å². The minimum Gasteiger partial charge on any atom is -0.542 e. The first-order valence-corrected chi connectivity index (χ1v) is 3.15. The van der Waals surface area contributed by atoms with Crippen LogP contribution in [0.5, 0.6) is 0 Å². The number of nitrogens with zero attached hydrogens (tertiary/aromatic N) is 1. The molecule has 10 heavy (non-hydrogen) atoms. The molecule has 0 saturated carbocycles. The van der Waals surface area contributed by atoms with Gasteiger partial charge in [-0.1, -0.05) is 0 Å². The molecule has 3 nitrogen and oxygen atoms in total. The van der Waals surface area contributed by atoms with Crippen LogP contribution >= 0.6 is 11.3 Å². The zero-order valence-corrected chi connectivity index (χ0v) is 8.57. The third-order valence-electron chi connectivity index (χ3n) is 0.796. The van der Waals surface area contributed by atoms with Crippen molar-refractivity contribution in [3.05, 3.63) is 16.1 Å². The Labute approximate surface area is 84.4 Å². The molecule has 0 bridgehead atoms. The zero-order chi connectivity index (χ0) is 6.85.